The highest BCUT2D eigenvalue weighted by Crippen LogP contribution is 2.23. The minimum absolute atomic E-state index is 0.0160. The van der Waals surface area contributed by atoms with E-state index in [1.807, 2.05) is 24.3 Å². The molecule has 0 unspecified atom stereocenters. The van der Waals surface area contributed by atoms with Gasteiger partial charge in [0.1, 0.15) is 0 Å². The van der Waals surface area contributed by atoms with Gasteiger partial charge < -0.3 is 4.90 Å². The van der Waals surface area contributed by atoms with Crippen LogP contribution in [-0.2, 0) is 20.0 Å². The monoisotopic (exact) mass is 499 g/mol. The molecule has 178 valence electrons. The van der Waals surface area contributed by atoms with Crippen molar-refractivity contribution in [1.29, 1.82) is 0 Å². The summed E-state index contributed by atoms with van der Waals surface area (Å²) in [5.74, 6) is -0.344. The van der Waals surface area contributed by atoms with Gasteiger partial charge in [-0.2, -0.15) is 4.31 Å². The van der Waals surface area contributed by atoms with Gasteiger partial charge in [0, 0.05) is 38.3 Å². The van der Waals surface area contributed by atoms with Crippen LogP contribution in [0.1, 0.15) is 10.4 Å². The number of hydrogen-bond donors (Lipinski definition) is 1. The van der Waals surface area contributed by atoms with Crippen molar-refractivity contribution in [1.82, 2.24) is 13.9 Å². The Morgan fingerprint density at radius 1 is 0.853 bits per heavy atom. The van der Waals surface area contributed by atoms with E-state index in [-0.39, 0.29) is 54.0 Å². The third-order valence-corrected chi connectivity index (χ3v) is 9.01. The molecule has 8 nitrogen and oxygen atoms in total. The number of rotatable bonds is 7. The summed E-state index contributed by atoms with van der Waals surface area (Å²) in [4.78, 5) is 14.7. The van der Waals surface area contributed by atoms with Gasteiger partial charge >= 0.3 is 0 Å². The normalized spacial score (nSPS) is 15.4. The summed E-state index contributed by atoms with van der Waals surface area (Å²) in [6, 6.07) is 18.4. The molecule has 3 aromatic rings. The van der Waals surface area contributed by atoms with Crippen LogP contribution in [0.2, 0.25) is 0 Å². The van der Waals surface area contributed by atoms with Gasteiger partial charge in [-0.1, -0.05) is 42.5 Å². The molecule has 1 N–H and O–H groups in total. The van der Waals surface area contributed by atoms with Gasteiger partial charge in [-0.05, 0) is 41.1 Å². The van der Waals surface area contributed by atoms with E-state index < -0.39 is 20.0 Å². The molecule has 0 saturated carbocycles. The fourth-order valence-electron chi connectivity index (χ4n) is 3.84. The van der Waals surface area contributed by atoms with E-state index in [0.717, 1.165) is 10.8 Å². The van der Waals surface area contributed by atoms with Gasteiger partial charge in [0.2, 0.25) is 20.0 Å². The van der Waals surface area contributed by atoms with E-state index in [1.165, 1.54) is 33.5 Å². The molecule has 1 saturated heterocycles. The SMILES string of the molecule is C=CCNS(=O)(=O)c1cccc(C(=O)N2CCN(S(=O)(=O)c3ccc4ccccc4c3)CC2)c1. The summed E-state index contributed by atoms with van der Waals surface area (Å²) in [5, 5.41) is 1.80. The second-order valence-electron chi connectivity index (χ2n) is 7.87. The number of nitrogens with zero attached hydrogens (tertiary/aromatic N) is 2. The molecule has 1 aliphatic heterocycles. The molecule has 10 heteroatoms. The van der Waals surface area contributed by atoms with Crippen molar-refractivity contribution in [2.24, 2.45) is 0 Å². The smallest absolute Gasteiger partial charge is 0.253 e. The fourth-order valence-corrected chi connectivity index (χ4v) is 6.34. The molecule has 0 radical (unpaired) electrons. The molecule has 1 fully saturated rings. The number of nitrogens with one attached hydrogen (secondary N) is 1. The Balaban J connectivity index is 1.46. The molecule has 1 heterocycles. The molecule has 3 aromatic carbocycles. The minimum atomic E-state index is -3.76. The molecular formula is C24H25N3O5S2. The standard InChI is InChI=1S/C24H25N3O5S2/c1-2-12-25-33(29,30)22-9-5-8-21(18-22)24(28)26-13-15-27(16-14-26)34(31,32)23-11-10-19-6-3-4-7-20(19)17-23/h2-11,17-18,25H,1,12-16H2. The van der Waals surface area contributed by atoms with Crippen LogP contribution < -0.4 is 4.72 Å². The number of sulfonamides is 2. The fraction of sp³-hybridized carbons (Fsp3) is 0.208. The summed E-state index contributed by atoms with van der Waals surface area (Å²) < 4.78 is 54.8. The van der Waals surface area contributed by atoms with Gasteiger partial charge in [-0.25, -0.2) is 21.6 Å². The molecule has 0 atom stereocenters. The largest absolute Gasteiger partial charge is 0.336 e. The van der Waals surface area contributed by atoms with E-state index in [9.17, 15) is 21.6 Å². The highest BCUT2D eigenvalue weighted by Gasteiger charge is 2.31. The van der Waals surface area contributed by atoms with E-state index in [0.29, 0.717) is 0 Å². The average Bonchev–Trinajstić information content (AvgIpc) is 2.87. The first-order valence-electron chi connectivity index (χ1n) is 10.7. The number of carbonyl (C=O) groups is 1. The molecule has 1 amide bonds. The average molecular weight is 500 g/mol. The van der Waals surface area contributed by atoms with Crippen molar-refractivity contribution in [3.05, 3.63) is 84.9 Å². The van der Waals surface area contributed by atoms with Crippen LogP contribution in [-0.4, -0.2) is 64.7 Å². The number of carbonyl (C=O) groups excluding carboxylic acids is 1. The Morgan fingerprint density at radius 3 is 2.26 bits per heavy atom. The van der Waals surface area contributed by atoms with Crippen molar-refractivity contribution >= 4 is 36.7 Å². The first-order valence-corrected chi connectivity index (χ1v) is 13.6. The van der Waals surface area contributed by atoms with Gasteiger partial charge in [-0.3, -0.25) is 4.79 Å². The Labute approximate surface area is 199 Å². The van der Waals surface area contributed by atoms with Crippen LogP contribution in [0.25, 0.3) is 10.8 Å². The summed E-state index contributed by atoms with van der Waals surface area (Å²) in [7, 11) is -7.47. The number of benzene rings is 3. The molecule has 4 rings (SSSR count). The lowest BCUT2D eigenvalue weighted by atomic mass is 10.1. The van der Waals surface area contributed by atoms with Crippen molar-refractivity contribution in [3.8, 4) is 0 Å². The van der Waals surface area contributed by atoms with Gasteiger partial charge in [0.15, 0.2) is 0 Å². The Hall–Kier alpha value is -3.05. The quantitative estimate of drug-likeness (QED) is 0.503. The van der Waals surface area contributed by atoms with Crippen molar-refractivity contribution in [2.75, 3.05) is 32.7 Å². The highest BCUT2D eigenvalue weighted by atomic mass is 32.2. The Morgan fingerprint density at radius 2 is 1.56 bits per heavy atom. The Bertz CT molecular complexity index is 1440. The maximum absolute atomic E-state index is 13.2. The third-order valence-electron chi connectivity index (χ3n) is 5.69. The maximum atomic E-state index is 13.2. The number of amides is 1. The van der Waals surface area contributed by atoms with Crippen LogP contribution >= 0.6 is 0 Å². The van der Waals surface area contributed by atoms with Crippen molar-refractivity contribution in [3.63, 3.8) is 0 Å². The van der Waals surface area contributed by atoms with E-state index >= 15 is 0 Å². The predicted octanol–water partition coefficient (Wildman–Crippen LogP) is 2.45. The molecule has 1 aliphatic rings. The van der Waals surface area contributed by atoms with Crippen LogP contribution in [0.15, 0.2) is 89.2 Å². The molecule has 34 heavy (non-hydrogen) atoms. The zero-order valence-corrected chi connectivity index (χ0v) is 20.1. The zero-order chi connectivity index (χ0) is 24.3. The highest BCUT2D eigenvalue weighted by molar-refractivity contribution is 7.89. The van der Waals surface area contributed by atoms with Crippen LogP contribution in [0.4, 0.5) is 0 Å². The predicted molar refractivity (Wildman–Crippen MR) is 130 cm³/mol. The topological polar surface area (TPSA) is 104 Å². The first kappa shape index (κ1) is 24.1. The van der Waals surface area contributed by atoms with Crippen molar-refractivity contribution < 1.29 is 21.6 Å². The maximum Gasteiger partial charge on any atom is 0.253 e. The van der Waals surface area contributed by atoms with Gasteiger partial charge in [-0.15, -0.1) is 6.58 Å². The molecule has 0 aromatic heterocycles. The molecule has 0 spiro atoms. The van der Waals surface area contributed by atoms with E-state index in [4.69, 9.17) is 0 Å². The summed E-state index contributed by atoms with van der Waals surface area (Å²) in [6.45, 7) is 4.28. The Kier molecular flexibility index (Phi) is 6.85. The van der Waals surface area contributed by atoms with Gasteiger partial charge in [0.05, 0.1) is 9.79 Å². The minimum Gasteiger partial charge on any atom is -0.336 e. The number of fused-ring (bicyclic) bond motifs is 1. The molecule has 0 aliphatic carbocycles. The first-order chi connectivity index (χ1) is 16.2. The van der Waals surface area contributed by atoms with Crippen LogP contribution in [0, 0.1) is 0 Å². The lowest BCUT2D eigenvalue weighted by Gasteiger charge is -2.34. The zero-order valence-electron chi connectivity index (χ0n) is 18.4. The number of piperazine rings is 1. The summed E-state index contributed by atoms with van der Waals surface area (Å²) in [6.07, 6.45) is 1.43. The second kappa shape index (κ2) is 9.67. The third kappa shape index (κ3) is 4.90. The summed E-state index contributed by atoms with van der Waals surface area (Å²) >= 11 is 0. The number of hydrogen-bond acceptors (Lipinski definition) is 5. The van der Waals surface area contributed by atoms with E-state index in [1.54, 1.807) is 24.3 Å². The lowest BCUT2D eigenvalue weighted by Crippen LogP contribution is -2.50. The lowest BCUT2D eigenvalue weighted by molar-refractivity contribution is 0.0697. The van der Waals surface area contributed by atoms with E-state index in [2.05, 4.69) is 11.3 Å². The molecule has 0 bridgehead atoms. The second-order valence-corrected chi connectivity index (χ2v) is 11.6. The summed E-state index contributed by atoms with van der Waals surface area (Å²) in [5.41, 5.74) is 0.229. The van der Waals surface area contributed by atoms with Gasteiger partial charge in [0.25, 0.3) is 5.91 Å². The van der Waals surface area contributed by atoms with Crippen LogP contribution in [0.3, 0.4) is 0 Å². The molecular weight excluding hydrogens is 474 g/mol. The van der Waals surface area contributed by atoms with Crippen molar-refractivity contribution in [2.45, 2.75) is 9.79 Å². The van der Waals surface area contributed by atoms with Crippen LogP contribution in [0.5, 0.6) is 0 Å².